The van der Waals surface area contributed by atoms with Gasteiger partial charge in [-0.15, -0.1) is 11.6 Å². The molecule has 100 valence electrons. The number of carbonyl (C=O) groups is 1. The molecule has 1 N–H and O–H groups in total. The van der Waals surface area contributed by atoms with E-state index in [1.165, 1.54) is 6.07 Å². The molecule has 0 saturated carbocycles. The van der Waals surface area contributed by atoms with Gasteiger partial charge in [0.25, 0.3) is 0 Å². The second-order valence-corrected chi connectivity index (χ2v) is 5.88. The Bertz CT molecular complexity index is 673. The lowest BCUT2D eigenvalue weighted by molar-refractivity contribution is -0.119. The second-order valence-electron chi connectivity index (χ2n) is 4.45. The van der Waals surface area contributed by atoms with E-state index < -0.39 is 0 Å². The molecular weight excluding hydrogens is 384 g/mol. The summed E-state index contributed by atoms with van der Waals surface area (Å²) >= 11 is 7.85. The monoisotopic (exact) mass is 393 g/mol. The molecule has 0 radical (unpaired) electrons. The van der Waals surface area contributed by atoms with Gasteiger partial charge in [0.05, 0.1) is 26.5 Å². The second kappa shape index (κ2) is 4.90. The van der Waals surface area contributed by atoms with Gasteiger partial charge in [0.2, 0.25) is 5.91 Å². The first-order chi connectivity index (χ1) is 9.10. The van der Waals surface area contributed by atoms with Crippen molar-refractivity contribution in [1.82, 2.24) is 14.9 Å². The minimum absolute atomic E-state index is 0.00152. The van der Waals surface area contributed by atoms with Crippen molar-refractivity contribution in [3.05, 3.63) is 27.3 Å². The maximum atomic E-state index is 13.7. The van der Waals surface area contributed by atoms with E-state index in [0.29, 0.717) is 33.4 Å². The Morgan fingerprint density at radius 1 is 1.58 bits per heavy atom. The Labute approximate surface area is 127 Å². The van der Waals surface area contributed by atoms with Crippen molar-refractivity contribution in [2.45, 2.75) is 18.3 Å². The molecule has 1 aliphatic heterocycles. The molecule has 3 rings (SSSR count). The van der Waals surface area contributed by atoms with Crippen LogP contribution in [0.15, 0.2) is 12.1 Å². The quantitative estimate of drug-likeness (QED) is 0.630. The fourth-order valence-electron chi connectivity index (χ4n) is 2.41. The van der Waals surface area contributed by atoms with E-state index in [1.54, 1.807) is 6.07 Å². The zero-order valence-electron chi connectivity index (χ0n) is 9.79. The molecule has 1 aliphatic rings. The lowest BCUT2D eigenvalue weighted by atomic mass is 10.2. The van der Waals surface area contributed by atoms with E-state index in [-0.39, 0.29) is 23.6 Å². The highest BCUT2D eigenvalue weighted by Crippen LogP contribution is 2.28. The third kappa shape index (κ3) is 2.20. The molecule has 2 heterocycles. The van der Waals surface area contributed by atoms with Gasteiger partial charge >= 0.3 is 0 Å². The summed E-state index contributed by atoms with van der Waals surface area (Å²) in [5.74, 6) is 0.614. The average Bonchev–Trinajstić information content (AvgIpc) is 2.93. The van der Waals surface area contributed by atoms with Gasteiger partial charge in [-0.2, -0.15) is 0 Å². The molecule has 1 aromatic heterocycles. The summed E-state index contributed by atoms with van der Waals surface area (Å²) in [7, 11) is 0. The largest absolute Gasteiger partial charge is 0.354 e. The highest BCUT2D eigenvalue weighted by molar-refractivity contribution is 14.1. The number of hydrogen-bond donors (Lipinski definition) is 1. The van der Waals surface area contributed by atoms with Crippen molar-refractivity contribution in [2.24, 2.45) is 0 Å². The van der Waals surface area contributed by atoms with Gasteiger partial charge in [-0.1, -0.05) is 0 Å². The summed E-state index contributed by atoms with van der Waals surface area (Å²) < 4.78 is 16.1. The molecule has 1 aromatic carbocycles. The summed E-state index contributed by atoms with van der Waals surface area (Å²) in [4.78, 5) is 15.8. The molecule has 1 unspecified atom stereocenters. The number of aromatic nitrogens is 2. The Morgan fingerprint density at radius 3 is 3.00 bits per heavy atom. The fourth-order valence-corrected chi connectivity index (χ4v) is 3.05. The van der Waals surface area contributed by atoms with Crippen LogP contribution < -0.4 is 5.32 Å². The topological polar surface area (TPSA) is 46.9 Å². The summed E-state index contributed by atoms with van der Waals surface area (Å²) in [5.41, 5.74) is 1.40. The summed E-state index contributed by atoms with van der Waals surface area (Å²) in [6.07, 6.45) is 0.378. The van der Waals surface area contributed by atoms with E-state index in [2.05, 4.69) is 10.3 Å². The predicted octanol–water partition coefficient (Wildman–Crippen LogP) is 2.58. The van der Waals surface area contributed by atoms with Crippen molar-refractivity contribution in [1.29, 1.82) is 0 Å². The predicted molar refractivity (Wildman–Crippen MR) is 78.6 cm³/mol. The van der Waals surface area contributed by atoms with Gasteiger partial charge in [-0.3, -0.25) is 4.79 Å². The Balaban J connectivity index is 2.20. The van der Waals surface area contributed by atoms with Crippen LogP contribution in [-0.2, 0) is 10.7 Å². The normalized spacial score (nSPS) is 19.1. The van der Waals surface area contributed by atoms with Crippen LogP contribution in [0.4, 0.5) is 4.39 Å². The number of carbonyl (C=O) groups excluding carboxylic acids is 1. The molecule has 0 spiro atoms. The Morgan fingerprint density at radius 2 is 2.37 bits per heavy atom. The van der Waals surface area contributed by atoms with Crippen molar-refractivity contribution in [3.63, 3.8) is 0 Å². The van der Waals surface area contributed by atoms with Crippen molar-refractivity contribution >= 4 is 51.1 Å². The third-order valence-electron chi connectivity index (χ3n) is 3.25. The van der Waals surface area contributed by atoms with Crippen LogP contribution in [0.25, 0.3) is 11.0 Å². The first-order valence-corrected chi connectivity index (χ1v) is 7.40. The van der Waals surface area contributed by atoms with E-state index in [4.69, 9.17) is 11.6 Å². The summed E-state index contributed by atoms with van der Waals surface area (Å²) in [6, 6.07) is 3.11. The molecule has 1 fully saturated rings. The van der Waals surface area contributed by atoms with Crippen molar-refractivity contribution in [2.75, 3.05) is 6.54 Å². The number of nitrogens with zero attached hydrogens (tertiary/aromatic N) is 2. The smallest absolute Gasteiger partial charge is 0.222 e. The minimum Gasteiger partial charge on any atom is -0.354 e. The van der Waals surface area contributed by atoms with Gasteiger partial charge < -0.3 is 9.88 Å². The van der Waals surface area contributed by atoms with Crippen LogP contribution in [0.5, 0.6) is 0 Å². The van der Waals surface area contributed by atoms with Crippen molar-refractivity contribution < 1.29 is 9.18 Å². The molecule has 0 aliphatic carbocycles. The number of rotatable bonds is 2. The van der Waals surface area contributed by atoms with E-state index in [1.807, 2.05) is 27.2 Å². The van der Waals surface area contributed by atoms with E-state index >= 15 is 0 Å². The standard InChI is InChI=1S/C12H10ClFIN3O/c13-4-11-17-9-3-8(15)7(14)2-10(9)18(11)6-1-12(19)16-5-6/h2-3,6H,1,4-5H2,(H,16,19). The molecule has 19 heavy (non-hydrogen) atoms. The highest BCUT2D eigenvalue weighted by Gasteiger charge is 2.27. The van der Waals surface area contributed by atoms with Crippen LogP contribution in [0.3, 0.4) is 0 Å². The Kier molecular flexibility index (Phi) is 3.38. The lowest BCUT2D eigenvalue weighted by Gasteiger charge is -2.13. The highest BCUT2D eigenvalue weighted by atomic mass is 127. The first-order valence-electron chi connectivity index (χ1n) is 5.78. The van der Waals surface area contributed by atoms with E-state index in [0.717, 1.165) is 0 Å². The fraction of sp³-hybridized carbons (Fsp3) is 0.333. The SMILES string of the molecule is O=C1CC(n2c(CCl)nc3cc(I)c(F)cc32)CN1. The van der Waals surface area contributed by atoms with Crippen LogP contribution in [0.2, 0.25) is 0 Å². The molecule has 7 heteroatoms. The third-order valence-corrected chi connectivity index (χ3v) is 4.31. The molecule has 4 nitrogen and oxygen atoms in total. The lowest BCUT2D eigenvalue weighted by Crippen LogP contribution is -2.16. The maximum absolute atomic E-state index is 13.7. The van der Waals surface area contributed by atoms with Gasteiger partial charge in [0, 0.05) is 19.0 Å². The molecule has 1 atom stereocenters. The summed E-state index contributed by atoms with van der Waals surface area (Å²) in [5, 5.41) is 2.77. The number of amides is 1. The van der Waals surface area contributed by atoms with Gasteiger partial charge in [0.1, 0.15) is 11.6 Å². The Hall–Kier alpha value is -0.890. The molecule has 0 bridgehead atoms. The molecule has 2 aromatic rings. The number of alkyl halides is 1. The molecule has 1 saturated heterocycles. The zero-order chi connectivity index (χ0) is 13.6. The molecular formula is C12H10ClFIN3O. The first kappa shape index (κ1) is 13.1. The van der Waals surface area contributed by atoms with Crippen LogP contribution in [0.1, 0.15) is 18.3 Å². The number of benzene rings is 1. The van der Waals surface area contributed by atoms with Crippen molar-refractivity contribution in [3.8, 4) is 0 Å². The average molecular weight is 394 g/mol. The number of halogens is 3. The van der Waals surface area contributed by atoms with Crippen LogP contribution in [0, 0.1) is 9.39 Å². The van der Waals surface area contributed by atoms with Crippen LogP contribution in [-0.4, -0.2) is 22.0 Å². The maximum Gasteiger partial charge on any atom is 0.222 e. The summed E-state index contributed by atoms with van der Waals surface area (Å²) in [6.45, 7) is 0.530. The number of hydrogen-bond acceptors (Lipinski definition) is 2. The van der Waals surface area contributed by atoms with Crippen LogP contribution >= 0.6 is 34.2 Å². The van der Waals surface area contributed by atoms with E-state index in [9.17, 15) is 9.18 Å². The van der Waals surface area contributed by atoms with Gasteiger partial charge in [-0.05, 0) is 28.7 Å². The van der Waals surface area contributed by atoms with Gasteiger partial charge in [0.15, 0.2) is 0 Å². The zero-order valence-corrected chi connectivity index (χ0v) is 12.7. The molecule has 1 amide bonds. The number of nitrogens with one attached hydrogen (secondary N) is 1. The minimum atomic E-state index is -0.285. The number of imidazole rings is 1. The van der Waals surface area contributed by atoms with Gasteiger partial charge in [-0.25, -0.2) is 9.37 Å². The number of fused-ring (bicyclic) bond motifs is 1.